The van der Waals surface area contributed by atoms with Gasteiger partial charge in [0.1, 0.15) is 5.54 Å². The van der Waals surface area contributed by atoms with Crippen LogP contribution in [0.25, 0.3) is 10.4 Å². The second-order valence-corrected chi connectivity index (χ2v) is 4.87. The summed E-state index contributed by atoms with van der Waals surface area (Å²) in [6, 6.07) is 2.48. The minimum atomic E-state index is -0.368. The summed E-state index contributed by atoms with van der Waals surface area (Å²) in [5, 5.41) is 16.3. The molecule has 0 aromatic rings. The van der Waals surface area contributed by atoms with Crippen LogP contribution in [0.15, 0.2) is 5.11 Å². The summed E-state index contributed by atoms with van der Waals surface area (Å²) in [6.45, 7) is 4.36. The zero-order chi connectivity index (χ0) is 12.1. The molecule has 17 heavy (non-hydrogen) atoms. The van der Waals surface area contributed by atoms with E-state index in [9.17, 15) is 5.26 Å². The molecule has 3 aliphatic heterocycles. The van der Waals surface area contributed by atoms with Gasteiger partial charge in [-0.25, -0.2) is 0 Å². The van der Waals surface area contributed by atoms with Gasteiger partial charge in [0.2, 0.25) is 0 Å². The van der Waals surface area contributed by atoms with Gasteiger partial charge >= 0.3 is 0 Å². The molecule has 0 aliphatic carbocycles. The van der Waals surface area contributed by atoms with E-state index < -0.39 is 0 Å². The molecule has 92 valence electrons. The third kappa shape index (κ3) is 2.52. The van der Waals surface area contributed by atoms with Crippen molar-refractivity contribution in [2.45, 2.75) is 24.8 Å². The van der Waals surface area contributed by atoms with Gasteiger partial charge in [-0.15, -0.1) is 0 Å². The van der Waals surface area contributed by atoms with Crippen LogP contribution in [0.4, 0.5) is 0 Å². The van der Waals surface area contributed by atoms with Crippen molar-refractivity contribution in [3.8, 4) is 6.07 Å². The minimum absolute atomic E-state index is 0.368. The number of piperidine rings is 3. The van der Waals surface area contributed by atoms with E-state index in [2.05, 4.69) is 26.3 Å². The van der Waals surface area contributed by atoms with E-state index in [1.165, 1.54) is 0 Å². The third-order valence-corrected chi connectivity index (χ3v) is 3.90. The van der Waals surface area contributed by atoms with Gasteiger partial charge in [0.05, 0.1) is 6.07 Å². The molecule has 3 fully saturated rings. The normalized spacial score (nSPS) is 35.0. The van der Waals surface area contributed by atoms with Crippen LogP contribution < -0.4 is 5.32 Å². The van der Waals surface area contributed by atoms with E-state index >= 15 is 0 Å². The Hall–Kier alpha value is -1.28. The molecule has 0 spiro atoms. The van der Waals surface area contributed by atoms with Crippen LogP contribution in [0, 0.1) is 17.2 Å². The molecule has 1 atom stereocenters. The highest BCUT2D eigenvalue weighted by molar-refractivity contribution is 5.16. The molecule has 0 aromatic heterocycles. The number of azide groups is 1. The number of hydrogen-bond donors (Lipinski definition) is 1. The molecule has 1 unspecified atom stereocenters. The molecule has 6 nitrogen and oxygen atoms in total. The minimum Gasteiger partial charge on any atom is -0.300 e. The van der Waals surface area contributed by atoms with Gasteiger partial charge in [0, 0.05) is 18.0 Å². The van der Waals surface area contributed by atoms with Crippen LogP contribution in [-0.4, -0.2) is 43.2 Å². The molecule has 3 rings (SSSR count). The standard InChI is InChI=1S/C11H18N6/c12-8-11(14-4-1-5-15-16-13)9-17-6-2-10(11)3-7-17/h10,14H,1-7,9H2. The molecule has 3 heterocycles. The van der Waals surface area contributed by atoms with Crippen molar-refractivity contribution in [1.29, 1.82) is 5.26 Å². The average Bonchev–Trinajstić information content (AvgIpc) is 2.40. The molecular weight excluding hydrogens is 216 g/mol. The van der Waals surface area contributed by atoms with Crippen molar-refractivity contribution < 1.29 is 0 Å². The van der Waals surface area contributed by atoms with Crippen molar-refractivity contribution in [2.75, 3.05) is 32.7 Å². The summed E-state index contributed by atoms with van der Waals surface area (Å²) in [7, 11) is 0. The van der Waals surface area contributed by atoms with Gasteiger partial charge in [0.25, 0.3) is 0 Å². The lowest BCUT2D eigenvalue weighted by Gasteiger charge is -2.50. The molecule has 3 saturated heterocycles. The van der Waals surface area contributed by atoms with Gasteiger partial charge in [-0.1, -0.05) is 5.11 Å². The first kappa shape index (κ1) is 12.2. The number of nitrogens with one attached hydrogen (secondary N) is 1. The van der Waals surface area contributed by atoms with E-state index in [-0.39, 0.29) is 5.54 Å². The van der Waals surface area contributed by atoms with Crippen molar-refractivity contribution >= 4 is 0 Å². The van der Waals surface area contributed by atoms with Crippen molar-refractivity contribution in [3.63, 3.8) is 0 Å². The fourth-order valence-electron chi connectivity index (χ4n) is 2.94. The zero-order valence-corrected chi connectivity index (χ0v) is 9.97. The summed E-state index contributed by atoms with van der Waals surface area (Å²) in [5.74, 6) is 0.483. The average molecular weight is 234 g/mol. The van der Waals surface area contributed by atoms with Gasteiger partial charge in [-0.3, -0.25) is 5.32 Å². The number of rotatable bonds is 5. The Bertz CT molecular complexity index is 347. The van der Waals surface area contributed by atoms with E-state index in [0.29, 0.717) is 12.5 Å². The third-order valence-electron chi connectivity index (χ3n) is 3.90. The zero-order valence-electron chi connectivity index (χ0n) is 9.97. The summed E-state index contributed by atoms with van der Waals surface area (Å²) in [4.78, 5) is 5.08. The maximum absolute atomic E-state index is 9.45. The Morgan fingerprint density at radius 3 is 2.82 bits per heavy atom. The van der Waals surface area contributed by atoms with Gasteiger partial charge in [-0.05, 0) is 50.3 Å². The van der Waals surface area contributed by atoms with Crippen molar-refractivity contribution in [1.82, 2.24) is 10.2 Å². The fraction of sp³-hybridized carbons (Fsp3) is 0.909. The Morgan fingerprint density at radius 1 is 1.53 bits per heavy atom. The van der Waals surface area contributed by atoms with Crippen molar-refractivity contribution in [2.24, 2.45) is 11.0 Å². The van der Waals surface area contributed by atoms with Crippen molar-refractivity contribution in [3.05, 3.63) is 10.4 Å². The first-order valence-corrected chi connectivity index (χ1v) is 6.20. The molecule has 0 aromatic carbocycles. The summed E-state index contributed by atoms with van der Waals surface area (Å²) < 4.78 is 0. The summed E-state index contributed by atoms with van der Waals surface area (Å²) >= 11 is 0. The topological polar surface area (TPSA) is 87.8 Å². The Labute approximate surface area is 101 Å². The highest BCUT2D eigenvalue weighted by Gasteiger charge is 2.46. The highest BCUT2D eigenvalue weighted by atomic mass is 15.2. The lowest BCUT2D eigenvalue weighted by Crippen LogP contribution is -2.65. The van der Waals surface area contributed by atoms with Crippen LogP contribution in [-0.2, 0) is 0 Å². The van der Waals surface area contributed by atoms with Crippen LogP contribution in [0.1, 0.15) is 19.3 Å². The maximum atomic E-state index is 9.45. The highest BCUT2D eigenvalue weighted by Crippen LogP contribution is 2.35. The lowest BCUT2D eigenvalue weighted by molar-refractivity contribution is 0.0371. The van der Waals surface area contributed by atoms with E-state index in [0.717, 1.165) is 45.4 Å². The van der Waals surface area contributed by atoms with E-state index in [1.807, 2.05) is 0 Å². The van der Waals surface area contributed by atoms with Crippen LogP contribution >= 0.6 is 0 Å². The fourth-order valence-corrected chi connectivity index (χ4v) is 2.94. The molecule has 0 amide bonds. The molecule has 0 saturated carbocycles. The molecule has 6 heteroatoms. The number of nitriles is 1. The molecule has 2 bridgehead atoms. The number of hydrogen-bond acceptors (Lipinski definition) is 4. The second-order valence-electron chi connectivity index (χ2n) is 4.87. The molecule has 0 radical (unpaired) electrons. The number of fused-ring (bicyclic) bond motifs is 3. The summed E-state index contributed by atoms with van der Waals surface area (Å²) in [5.41, 5.74) is 7.81. The first-order valence-electron chi connectivity index (χ1n) is 6.20. The predicted octanol–water partition coefficient (Wildman–Crippen LogP) is 1.26. The van der Waals surface area contributed by atoms with Gasteiger partial charge in [-0.2, -0.15) is 5.26 Å². The largest absolute Gasteiger partial charge is 0.300 e. The van der Waals surface area contributed by atoms with E-state index in [4.69, 9.17) is 5.53 Å². The smallest absolute Gasteiger partial charge is 0.122 e. The first-order chi connectivity index (χ1) is 8.30. The predicted molar refractivity (Wildman–Crippen MR) is 64.1 cm³/mol. The Balaban J connectivity index is 1.87. The van der Waals surface area contributed by atoms with Crippen LogP contribution in [0.2, 0.25) is 0 Å². The quantitative estimate of drug-likeness (QED) is 0.336. The Morgan fingerprint density at radius 2 is 2.29 bits per heavy atom. The SMILES string of the molecule is N#CC1(NCCCN=[N+]=[N-])CN2CCC1CC2. The van der Waals surface area contributed by atoms with Crippen LogP contribution in [0.3, 0.4) is 0 Å². The molecule has 1 N–H and O–H groups in total. The summed E-state index contributed by atoms with van der Waals surface area (Å²) in [6.07, 6.45) is 3.04. The maximum Gasteiger partial charge on any atom is 0.122 e. The van der Waals surface area contributed by atoms with Crippen LogP contribution in [0.5, 0.6) is 0 Å². The van der Waals surface area contributed by atoms with E-state index in [1.54, 1.807) is 0 Å². The molecular formula is C11H18N6. The monoisotopic (exact) mass is 234 g/mol. The van der Waals surface area contributed by atoms with Gasteiger partial charge < -0.3 is 4.90 Å². The lowest BCUT2D eigenvalue weighted by atomic mass is 9.73. The van der Waals surface area contributed by atoms with Gasteiger partial charge in [0.15, 0.2) is 0 Å². The number of nitrogens with zero attached hydrogens (tertiary/aromatic N) is 5. The second kappa shape index (κ2) is 5.37. The molecule has 3 aliphatic rings. The Kier molecular flexibility index (Phi) is 3.85.